The van der Waals surface area contributed by atoms with Crippen LogP contribution in [0.15, 0.2) is 146 Å². The van der Waals surface area contributed by atoms with E-state index in [-0.39, 0.29) is 34.0 Å². The molecule has 0 unspecified atom stereocenters. The van der Waals surface area contributed by atoms with Gasteiger partial charge in [-0.15, -0.1) is 0 Å². The van der Waals surface area contributed by atoms with Gasteiger partial charge in [-0.2, -0.15) is 0 Å². The number of benzene rings is 6. The highest BCUT2D eigenvalue weighted by Crippen LogP contribution is 2.45. The molecule has 0 spiro atoms. The number of hydrogen-bond acceptors (Lipinski definition) is 3. The minimum Gasteiger partial charge on any atom is -0.507 e. The molecule has 0 aliphatic rings. The number of hydrogen-bond donors (Lipinski definition) is 1. The zero-order chi connectivity index (χ0) is 51.3. The van der Waals surface area contributed by atoms with Gasteiger partial charge in [0.1, 0.15) is 11.6 Å². The molecule has 61 heavy (non-hydrogen) atoms. The van der Waals surface area contributed by atoms with Gasteiger partial charge in [0.25, 0.3) is 0 Å². The first-order valence-electron chi connectivity index (χ1n) is 25.3. The normalized spacial score (nSPS) is 14.6. The summed E-state index contributed by atoms with van der Waals surface area (Å²) in [6.07, 6.45) is -0.513. The highest BCUT2D eigenvalue weighted by molar-refractivity contribution is 5.97. The van der Waals surface area contributed by atoms with Crippen molar-refractivity contribution in [3.05, 3.63) is 168 Å². The Morgan fingerprint density at radius 2 is 1.30 bits per heavy atom. The molecule has 0 fully saturated rings. The van der Waals surface area contributed by atoms with E-state index in [0.717, 1.165) is 50.1 Å². The lowest BCUT2D eigenvalue weighted by Crippen LogP contribution is -2.17. The van der Waals surface area contributed by atoms with Crippen molar-refractivity contribution in [2.45, 2.75) is 98.3 Å². The van der Waals surface area contributed by atoms with Gasteiger partial charge >= 0.3 is 0 Å². The lowest BCUT2D eigenvalue weighted by molar-refractivity contribution is 0.446. The number of phenols is 1. The number of aromatic hydroxyl groups is 1. The average Bonchev–Trinajstić information content (AvgIpc) is 3.68. The van der Waals surface area contributed by atoms with Crippen molar-refractivity contribution in [2.24, 2.45) is 0 Å². The van der Waals surface area contributed by atoms with Crippen molar-refractivity contribution >= 4 is 11.0 Å². The molecule has 4 heteroatoms. The van der Waals surface area contributed by atoms with Crippen molar-refractivity contribution in [3.8, 4) is 67.5 Å². The minimum atomic E-state index is -1.01. The standard InChI is InChI=1S/C57H59N3O/c1-36(2)47-35-44(25-26-45(47)38-21-16-13-17-22-38)60-51-24-18-23-46(52(51)59-54(60)48-33-43(56(6,7)8)34-49(53(48)61)57(9,10)11)40-29-41(31-42(30-40)55(3,4)5)50-32-39(27-28-58-50)37-19-14-12-15-20-37/h12-36,61H,1-11H3/i12D,14D,15D,19D,20D,27D,28D,32D,36D. The largest absolute Gasteiger partial charge is 0.507 e. The molecule has 0 saturated carbocycles. The van der Waals surface area contributed by atoms with E-state index in [1.165, 1.54) is 0 Å². The zero-order valence-electron chi connectivity index (χ0n) is 46.0. The van der Waals surface area contributed by atoms with E-state index >= 15 is 0 Å². The van der Waals surface area contributed by atoms with E-state index in [1.54, 1.807) is 0 Å². The number of aromatic nitrogens is 3. The second-order valence-corrected chi connectivity index (χ2v) is 19.2. The first-order chi connectivity index (χ1) is 32.5. The Morgan fingerprint density at radius 3 is 1.97 bits per heavy atom. The van der Waals surface area contributed by atoms with Crippen molar-refractivity contribution in [3.63, 3.8) is 0 Å². The maximum atomic E-state index is 12.5. The summed E-state index contributed by atoms with van der Waals surface area (Å²) in [6.45, 7) is 22.6. The molecule has 0 radical (unpaired) electrons. The molecule has 308 valence electrons. The Kier molecular flexibility index (Phi) is 8.10. The van der Waals surface area contributed by atoms with Crippen LogP contribution in [0.2, 0.25) is 0 Å². The summed E-state index contributed by atoms with van der Waals surface area (Å²) in [5, 5.41) is 12.5. The number of pyridine rings is 1. The fourth-order valence-electron chi connectivity index (χ4n) is 7.85. The Morgan fingerprint density at radius 1 is 0.607 bits per heavy atom. The van der Waals surface area contributed by atoms with Gasteiger partial charge in [-0.25, -0.2) is 4.98 Å². The first kappa shape index (κ1) is 31.6. The van der Waals surface area contributed by atoms with E-state index in [0.29, 0.717) is 28.0 Å². The fraction of sp³-hybridized carbons (Fsp3) is 0.263. The lowest BCUT2D eigenvalue weighted by atomic mass is 9.79. The Bertz CT molecular complexity index is 3380. The van der Waals surface area contributed by atoms with Gasteiger partial charge in [-0.1, -0.05) is 167 Å². The second-order valence-electron chi connectivity index (χ2n) is 19.2. The van der Waals surface area contributed by atoms with Crippen molar-refractivity contribution in [1.82, 2.24) is 14.5 Å². The van der Waals surface area contributed by atoms with E-state index in [1.807, 2.05) is 98.8 Å². The molecular weight excluding hydrogens is 743 g/mol. The molecule has 0 aliphatic heterocycles. The monoisotopic (exact) mass is 811 g/mol. The summed E-state index contributed by atoms with van der Waals surface area (Å²) in [7, 11) is 0. The number of phenolic OH excluding ortho intramolecular Hbond substituents is 1. The third kappa shape index (κ3) is 8.16. The summed E-state index contributed by atoms with van der Waals surface area (Å²) in [4.78, 5) is 9.97. The highest BCUT2D eigenvalue weighted by Gasteiger charge is 2.29. The molecule has 0 bridgehead atoms. The van der Waals surface area contributed by atoms with E-state index < -0.39 is 59.2 Å². The molecule has 0 amide bonds. The number of para-hydroxylation sites is 1. The molecule has 2 aromatic heterocycles. The smallest absolute Gasteiger partial charge is 0.149 e. The maximum Gasteiger partial charge on any atom is 0.149 e. The van der Waals surface area contributed by atoms with Crippen LogP contribution in [0, 0.1) is 0 Å². The van der Waals surface area contributed by atoms with Crippen molar-refractivity contribution in [1.29, 1.82) is 0 Å². The van der Waals surface area contributed by atoms with Crippen LogP contribution in [0.5, 0.6) is 5.75 Å². The van der Waals surface area contributed by atoms with Gasteiger partial charge < -0.3 is 5.11 Å². The SMILES string of the molecule is [2H]c1nc(-c2cc(-c3cccc4c3nc(-c3cc(C(C)(C)C)cc(C(C)(C)C)c3O)n4-c3ccc(-c4ccccc4)c(C([2H])(C)C)c3)cc(C(C)(C)C)c2)c([2H])c(-c2c([2H])c([2H])c([2H])c([2H])c2[2H])c1[2H]. The number of imidazole rings is 1. The molecule has 8 rings (SSSR count). The van der Waals surface area contributed by atoms with Gasteiger partial charge in [-0.05, 0) is 115 Å². The first-order valence-corrected chi connectivity index (χ1v) is 20.8. The third-order valence-electron chi connectivity index (χ3n) is 11.3. The summed E-state index contributed by atoms with van der Waals surface area (Å²) in [5.74, 6) is -0.399. The van der Waals surface area contributed by atoms with Crippen LogP contribution < -0.4 is 0 Å². The Balaban J connectivity index is 1.47. The van der Waals surface area contributed by atoms with Crippen LogP contribution in [0.4, 0.5) is 0 Å². The highest BCUT2D eigenvalue weighted by atomic mass is 16.3. The summed E-state index contributed by atoms with van der Waals surface area (Å²) in [5.41, 5.74) is 8.05. The van der Waals surface area contributed by atoms with Crippen molar-refractivity contribution < 1.29 is 17.4 Å². The minimum absolute atomic E-state index is 0.0104. The van der Waals surface area contributed by atoms with Crippen LogP contribution in [0.1, 0.15) is 117 Å². The summed E-state index contributed by atoms with van der Waals surface area (Å²) in [6, 6.07) is 28.1. The van der Waals surface area contributed by atoms with Crippen molar-refractivity contribution in [2.75, 3.05) is 0 Å². The average molecular weight is 811 g/mol. The Hall–Kier alpha value is -6.26. The molecule has 0 atom stereocenters. The summed E-state index contributed by atoms with van der Waals surface area (Å²) >= 11 is 0. The van der Waals surface area contributed by atoms with Gasteiger partial charge in [0.05, 0.1) is 33.3 Å². The predicted octanol–water partition coefficient (Wildman–Crippen LogP) is 15.5. The van der Waals surface area contributed by atoms with Crippen LogP contribution in [0.25, 0.3) is 72.7 Å². The zero-order valence-corrected chi connectivity index (χ0v) is 37.0. The number of fused-ring (bicyclic) bond motifs is 1. The molecule has 4 nitrogen and oxygen atoms in total. The molecular formula is C57H59N3O. The molecule has 1 N–H and O–H groups in total. The van der Waals surface area contributed by atoms with Gasteiger partial charge in [0.15, 0.2) is 0 Å². The lowest BCUT2D eigenvalue weighted by Gasteiger charge is -2.27. The molecule has 0 saturated heterocycles. The number of nitrogens with zero attached hydrogens (tertiary/aromatic N) is 3. The fourth-order valence-corrected chi connectivity index (χ4v) is 7.85. The summed E-state index contributed by atoms with van der Waals surface area (Å²) < 4.78 is 81.0. The van der Waals surface area contributed by atoms with Crippen LogP contribution in [-0.4, -0.2) is 19.6 Å². The molecule has 2 heterocycles. The van der Waals surface area contributed by atoms with Gasteiger partial charge in [-0.3, -0.25) is 9.55 Å². The second kappa shape index (κ2) is 15.6. The Labute approximate surface area is 375 Å². The van der Waals surface area contributed by atoms with Crippen LogP contribution in [-0.2, 0) is 16.2 Å². The quantitative estimate of drug-likeness (QED) is 0.174. The van der Waals surface area contributed by atoms with Crippen LogP contribution in [0.3, 0.4) is 0 Å². The topological polar surface area (TPSA) is 50.9 Å². The molecule has 8 aromatic rings. The molecule has 6 aromatic carbocycles. The van der Waals surface area contributed by atoms with Gasteiger partial charge in [0.2, 0.25) is 0 Å². The van der Waals surface area contributed by atoms with E-state index in [4.69, 9.17) is 14.6 Å². The number of rotatable bonds is 7. The molecule has 0 aliphatic carbocycles. The van der Waals surface area contributed by atoms with Crippen LogP contribution >= 0.6 is 0 Å². The van der Waals surface area contributed by atoms with E-state index in [9.17, 15) is 7.85 Å². The van der Waals surface area contributed by atoms with E-state index in [2.05, 4.69) is 84.0 Å². The third-order valence-corrected chi connectivity index (χ3v) is 11.3. The van der Waals surface area contributed by atoms with Gasteiger partial charge in [0, 0.05) is 29.9 Å². The predicted molar refractivity (Wildman–Crippen MR) is 258 cm³/mol. The maximum absolute atomic E-state index is 12.5.